The van der Waals surface area contributed by atoms with Crippen LogP contribution in [-0.2, 0) is 4.74 Å². The highest BCUT2D eigenvalue weighted by Gasteiger charge is 2.16. The van der Waals surface area contributed by atoms with Gasteiger partial charge >= 0.3 is 0 Å². The second kappa shape index (κ2) is 13.9. The summed E-state index contributed by atoms with van der Waals surface area (Å²) in [4.78, 5) is 19.9. The number of methoxy groups -OCH3 is 1. The van der Waals surface area contributed by atoms with Crippen LogP contribution in [0.15, 0.2) is 35.4 Å². The van der Waals surface area contributed by atoms with Crippen molar-refractivity contribution in [2.75, 3.05) is 51.7 Å². The first-order valence-corrected chi connectivity index (χ1v) is 11.7. The number of hydrogen-bond acceptors (Lipinski definition) is 7. The first-order valence-electron chi connectivity index (χ1n) is 14.9. The van der Waals surface area contributed by atoms with Gasteiger partial charge in [-0.05, 0) is 31.5 Å². The average Bonchev–Trinajstić information content (AvgIpc) is 2.90. The van der Waals surface area contributed by atoms with Crippen LogP contribution >= 0.6 is 35.6 Å². The Morgan fingerprint density at radius 1 is 1.17 bits per heavy atom. The molecular weight excluding hydrogens is 527 g/mol. The zero-order valence-corrected chi connectivity index (χ0v) is 21.6. The van der Waals surface area contributed by atoms with Gasteiger partial charge in [-0.15, -0.1) is 12.4 Å². The zero-order chi connectivity index (χ0) is 31.8. The van der Waals surface area contributed by atoms with Crippen molar-refractivity contribution in [2.24, 2.45) is 0 Å². The normalized spacial score (nSPS) is 22.8. The van der Waals surface area contributed by atoms with Gasteiger partial charge in [0, 0.05) is 42.3 Å². The molecule has 0 aliphatic carbocycles. The summed E-state index contributed by atoms with van der Waals surface area (Å²) in [5.41, 5.74) is 0.786. The Hall–Kier alpha value is -2.23. The molecule has 0 atom stereocenters. The van der Waals surface area contributed by atoms with Crippen LogP contribution in [0.5, 0.6) is 11.5 Å². The van der Waals surface area contributed by atoms with Crippen molar-refractivity contribution in [1.82, 2.24) is 14.9 Å². The number of benzene rings is 1. The lowest BCUT2D eigenvalue weighted by atomic mass is 10.1. The third kappa shape index (κ3) is 7.17. The number of hydrogen-bond donors (Lipinski definition) is 2. The maximum absolute atomic E-state index is 12.6. The summed E-state index contributed by atoms with van der Waals surface area (Å²) in [5.74, 6) is 0.701. The Morgan fingerprint density at radius 3 is 2.61 bits per heavy atom. The predicted molar refractivity (Wildman–Crippen MR) is 147 cm³/mol. The van der Waals surface area contributed by atoms with Crippen molar-refractivity contribution in [3.8, 4) is 11.5 Å². The lowest BCUT2D eigenvalue weighted by Gasteiger charge is -2.26. The molecule has 4 rings (SSSR count). The van der Waals surface area contributed by atoms with Crippen molar-refractivity contribution in [3.63, 3.8) is 0 Å². The number of nitrogens with one attached hydrogen (secondary N) is 2. The number of aromatic amines is 1. The van der Waals surface area contributed by atoms with E-state index in [0.717, 1.165) is 0 Å². The molecule has 0 amide bonds. The van der Waals surface area contributed by atoms with Crippen LogP contribution in [0.3, 0.4) is 0 Å². The molecule has 0 bridgehead atoms. The molecule has 1 fully saturated rings. The maximum Gasteiger partial charge on any atom is 0.250 e. The van der Waals surface area contributed by atoms with Crippen molar-refractivity contribution in [1.29, 1.82) is 0 Å². The Labute approximate surface area is 237 Å². The number of H-pyrrole nitrogens is 1. The van der Waals surface area contributed by atoms with Gasteiger partial charge in [0.1, 0.15) is 0 Å². The molecule has 0 unspecified atom stereocenters. The number of aromatic nitrogens is 2. The molecule has 11 heteroatoms. The molecule has 1 aromatic carbocycles. The molecule has 1 aliphatic heterocycles. The number of fused-ring (bicyclic) bond motifs is 1. The molecular formula is C25H31Cl3N4O4. The van der Waals surface area contributed by atoms with E-state index in [2.05, 4.69) is 20.0 Å². The third-order valence-electron chi connectivity index (χ3n) is 5.25. The Kier molecular flexibility index (Phi) is 7.31. The topological polar surface area (TPSA) is 88.7 Å². The summed E-state index contributed by atoms with van der Waals surface area (Å²) in [6, 6.07) is 4.80. The van der Waals surface area contributed by atoms with Gasteiger partial charge in [0.15, 0.2) is 11.5 Å². The molecule has 2 N–H and O–H groups in total. The van der Waals surface area contributed by atoms with Gasteiger partial charge in [0.25, 0.3) is 5.56 Å². The van der Waals surface area contributed by atoms with E-state index in [0.29, 0.717) is 57.9 Å². The van der Waals surface area contributed by atoms with E-state index < -0.39 is 31.7 Å². The summed E-state index contributed by atoms with van der Waals surface area (Å²) >= 11 is 12.5. The number of pyridine rings is 2. The Morgan fingerprint density at radius 2 is 1.89 bits per heavy atom. The Balaban J connectivity index is 0.00000529. The van der Waals surface area contributed by atoms with Gasteiger partial charge in [-0.3, -0.25) is 14.7 Å². The van der Waals surface area contributed by atoms with Gasteiger partial charge in [-0.2, -0.15) is 0 Å². The van der Waals surface area contributed by atoms with Crippen LogP contribution in [0.1, 0.15) is 36.6 Å². The third-order valence-corrected chi connectivity index (χ3v) is 5.83. The molecule has 1 aliphatic rings. The molecule has 36 heavy (non-hydrogen) atoms. The molecule has 0 radical (unpaired) electrons. The van der Waals surface area contributed by atoms with Crippen LogP contribution < -0.4 is 20.3 Å². The van der Waals surface area contributed by atoms with E-state index in [1.54, 1.807) is 12.1 Å². The molecule has 196 valence electrons. The number of unbranched alkanes of at least 4 members (excludes halogenated alkanes) is 3. The fourth-order valence-electron chi connectivity index (χ4n) is 3.57. The summed E-state index contributed by atoms with van der Waals surface area (Å²) in [6.07, 6.45) is 4.74. The SMILES string of the molecule is Cl.[2H]C1([2H])OC([2H])([2H])C([2H])([2H])N(CCCCCCOc2c(OC)ccc3c(Nc4c(Cl)cncc4Cl)cc(=O)[nH]c23)C1([2H])[2H]. The highest BCUT2D eigenvalue weighted by Crippen LogP contribution is 2.39. The van der Waals surface area contributed by atoms with E-state index in [9.17, 15) is 4.79 Å². The van der Waals surface area contributed by atoms with Crippen molar-refractivity contribution in [2.45, 2.75) is 25.7 Å². The predicted octanol–water partition coefficient (Wildman–Crippen LogP) is 5.68. The minimum Gasteiger partial charge on any atom is -0.493 e. The van der Waals surface area contributed by atoms with E-state index in [1.165, 1.54) is 25.6 Å². The van der Waals surface area contributed by atoms with Crippen LogP contribution in [-0.4, -0.2) is 61.2 Å². The van der Waals surface area contributed by atoms with Crippen molar-refractivity contribution >= 4 is 57.9 Å². The average molecular weight is 566 g/mol. The van der Waals surface area contributed by atoms with Gasteiger partial charge in [-0.1, -0.05) is 36.0 Å². The van der Waals surface area contributed by atoms with Crippen molar-refractivity contribution in [3.05, 3.63) is 51.0 Å². The van der Waals surface area contributed by atoms with Crippen LogP contribution in [0.4, 0.5) is 11.4 Å². The standard InChI is InChI=1S/C25H30Cl2N4O4.ClH/c1-33-21-7-6-17-20(29-24-18(26)15-28-16-19(24)27)14-22(32)30-23(17)25(21)35-11-5-3-2-4-8-31-9-12-34-13-10-31;/h6-7,14-16H,2-5,8-13H2,1H3,(H2,28,29,30,32);1H/i9D2,10D2,12D2,13D2;. The van der Waals surface area contributed by atoms with Gasteiger partial charge in [0.05, 0.1) is 59.3 Å². The first kappa shape index (κ1) is 18.9. The lowest BCUT2D eigenvalue weighted by molar-refractivity contribution is 0.0371. The number of rotatable bonds is 11. The van der Waals surface area contributed by atoms with Gasteiger partial charge in [0.2, 0.25) is 0 Å². The Bertz CT molecular complexity index is 1500. The first-order chi connectivity index (χ1) is 20.0. The number of ether oxygens (including phenoxy) is 3. The fourth-order valence-corrected chi connectivity index (χ4v) is 4.03. The smallest absolute Gasteiger partial charge is 0.250 e. The van der Waals surface area contributed by atoms with Gasteiger partial charge in [-0.25, -0.2) is 0 Å². The number of nitrogens with zero attached hydrogens (tertiary/aromatic N) is 2. The number of halogens is 3. The molecule has 1 saturated heterocycles. The summed E-state index contributed by atoms with van der Waals surface area (Å²) in [5, 5.41) is 4.24. The van der Waals surface area contributed by atoms with E-state index in [1.807, 2.05) is 0 Å². The molecule has 0 saturated carbocycles. The number of morpholine rings is 1. The number of anilines is 2. The molecule has 3 aromatic rings. The second-order valence-electron chi connectivity index (χ2n) is 7.61. The lowest BCUT2D eigenvalue weighted by Crippen LogP contribution is -2.36. The van der Waals surface area contributed by atoms with Crippen LogP contribution in [0, 0.1) is 0 Å². The highest BCUT2D eigenvalue weighted by atomic mass is 35.5. The minimum absolute atomic E-state index is 0. The fraction of sp³-hybridized carbons (Fsp3) is 0.440. The monoisotopic (exact) mass is 564 g/mol. The van der Waals surface area contributed by atoms with Gasteiger partial charge < -0.3 is 24.5 Å². The highest BCUT2D eigenvalue weighted by molar-refractivity contribution is 6.39. The van der Waals surface area contributed by atoms with Crippen LogP contribution in [0.25, 0.3) is 10.9 Å². The maximum atomic E-state index is 12.6. The molecule has 2 aromatic heterocycles. The van der Waals surface area contributed by atoms with E-state index >= 15 is 0 Å². The molecule has 8 nitrogen and oxygen atoms in total. The quantitative estimate of drug-likeness (QED) is 0.289. The second-order valence-corrected chi connectivity index (χ2v) is 8.43. The van der Waals surface area contributed by atoms with E-state index in [-0.39, 0.29) is 42.0 Å². The largest absolute Gasteiger partial charge is 0.493 e. The summed E-state index contributed by atoms with van der Waals surface area (Å²) < 4.78 is 79.5. The van der Waals surface area contributed by atoms with Crippen molar-refractivity contribution < 1.29 is 25.2 Å². The summed E-state index contributed by atoms with van der Waals surface area (Å²) in [7, 11) is 1.47. The zero-order valence-electron chi connectivity index (χ0n) is 27.3. The molecule has 3 heterocycles. The van der Waals surface area contributed by atoms with Crippen LogP contribution in [0.2, 0.25) is 10.0 Å². The van der Waals surface area contributed by atoms with E-state index in [4.69, 9.17) is 43.6 Å². The molecule has 0 spiro atoms. The summed E-state index contributed by atoms with van der Waals surface area (Å²) in [6.45, 7) is -11.9. The minimum atomic E-state index is -3.05.